The van der Waals surface area contributed by atoms with Crippen molar-refractivity contribution in [2.24, 2.45) is 9.98 Å². The Bertz CT molecular complexity index is 1060. The Hall–Kier alpha value is -2.75. The Morgan fingerprint density at radius 1 is 0.800 bits per heavy atom. The molecule has 0 amide bonds. The summed E-state index contributed by atoms with van der Waals surface area (Å²) in [5, 5.41) is 0. The van der Waals surface area contributed by atoms with Crippen LogP contribution in [0.4, 0.5) is 11.4 Å². The van der Waals surface area contributed by atoms with Crippen LogP contribution >= 0.6 is 0 Å². The van der Waals surface area contributed by atoms with E-state index < -0.39 is 0 Å². The van der Waals surface area contributed by atoms with Crippen LogP contribution in [0.3, 0.4) is 0 Å². The molecule has 0 atom stereocenters. The van der Waals surface area contributed by atoms with Gasteiger partial charge in [0.1, 0.15) is 5.75 Å². The Morgan fingerprint density at radius 3 is 1.87 bits per heavy atom. The van der Waals surface area contributed by atoms with E-state index in [9.17, 15) is 0 Å². The molecule has 0 unspecified atom stereocenters. The molecular formula is C25H27FeN3O. The molecule has 0 aliphatic carbocycles. The number of ether oxygens (including phenoxy) is 1. The maximum Gasteiger partial charge on any atom is 0.119 e. The summed E-state index contributed by atoms with van der Waals surface area (Å²) in [7, 11) is 1.66. The number of nitrogens with zero attached hydrogens (tertiary/aromatic N) is 3. The van der Waals surface area contributed by atoms with Crippen molar-refractivity contribution in [3.8, 4) is 5.75 Å². The van der Waals surface area contributed by atoms with Gasteiger partial charge in [0.25, 0.3) is 0 Å². The average Bonchev–Trinajstić information content (AvgIpc) is 2.71. The zero-order valence-corrected chi connectivity index (χ0v) is 19.4. The first kappa shape index (κ1) is 23.5. The van der Waals surface area contributed by atoms with E-state index in [1.807, 2.05) is 56.3 Å². The molecule has 0 saturated heterocycles. The predicted molar refractivity (Wildman–Crippen MR) is 122 cm³/mol. The van der Waals surface area contributed by atoms with Crippen LogP contribution in [-0.2, 0) is 17.1 Å². The van der Waals surface area contributed by atoms with Gasteiger partial charge in [-0.2, -0.15) is 0 Å². The molecule has 0 radical (unpaired) electrons. The van der Waals surface area contributed by atoms with Crippen molar-refractivity contribution in [2.75, 3.05) is 7.11 Å². The summed E-state index contributed by atoms with van der Waals surface area (Å²) in [6, 6.07) is 18.0. The molecule has 5 heteroatoms. The smallest absolute Gasteiger partial charge is 0.119 e. The quantitative estimate of drug-likeness (QED) is 0.345. The van der Waals surface area contributed by atoms with Gasteiger partial charge in [0.2, 0.25) is 0 Å². The summed E-state index contributed by atoms with van der Waals surface area (Å²) in [5.74, 6) is 0.815. The van der Waals surface area contributed by atoms with Crippen molar-refractivity contribution in [1.29, 1.82) is 0 Å². The van der Waals surface area contributed by atoms with E-state index >= 15 is 0 Å². The standard InChI is InChI=1S/C25H27N3O.Fe/c1-16-14-17(2)25(18(3)15-16)27-20(5)24-9-7-8-23(28-24)19(4)26-21-10-12-22(29-6)13-11-21;/h7-15H,1-6H3;. The summed E-state index contributed by atoms with van der Waals surface area (Å²) in [6.07, 6.45) is 0. The maximum atomic E-state index is 5.20. The molecule has 0 fully saturated rings. The van der Waals surface area contributed by atoms with Gasteiger partial charge < -0.3 is 4.74 Å². The van der Waals surface area contributed by atoms with E-state index in [4.69, 9.17) is 14.7 Å². The molecule has 0 spiro atoms. The molecule has 1 heterocycles. The van der Waals surface area contributed by atoms with Crippen LogP contribution in [0.25, 0.3) is 0 Å². The summed E-state index contributed by atoms with van der Waals surface area (Å²) in [4.78, 5) is 14.3. The fourth-order valence-corrected chi connectivity index (χ4v) is 3.32. The predicted octanol–water partition coefficient (Wildman–Crippen LogP) is 6.29. The van der Waals surface area contributed by atoms with Crippen LogP contribution < -0.4 is 4.74 Å². The van der Waals surface area contributed by atoms with Crippen molar-refractivity contribution in [2.45, 2.75) is 34.6 Å². The molecular weight excluding hydrogens is 414 g/mol. The second-order valence-electron chi connectivity index (χ2n) is 7.25. The van der Waals surface area contributed by atoms with Crippen molar-refractivity contribution >= 4 is 22.8 Å². The first-order valence-corrected chi connectivity index (χ1v) is 9.67. The van der Waals surface area contributed by atoms with E-state index in [0.29, 0.717) is 0 Å². The van der Waals surface area contributed by atoms with Crippen LogP contribution in [0.1, 0.15) is 41.9 Å². The Labute approximate surface area is 189 Å². The SMILES string of the molecule is COc1ccc(N=C(C)c2cccc(C(C)=Nc3c(C)cc(C)cc3C)n2)cc1.[Fe]. The van der Waals surface area contributed by atoms with E-state index in [2.05, 4.69) is 37.9 Å². The molecule has 0 aliphatic rings. The van der Waals surface area contributed by atoms with E-state index in [1.54, 1.807) is 7.11 Å². The van der Waals surface area contributed by atoms with Crippen molar-refractivity contribution in [1.82, 2.24) is 4.98 Å². The van der Waals surface area contributed by atoms with Crippen LogP contribution in [-0.4, -0.2) is 23.5 Å². The minimum absolute atomic E-state index is 0. The minimum Gasteiger partial charge on any atom is -0.497 e. The third-order valence-corrected chi connectivity index (χ3v) is 4.77. The molecule has 1 aromatic heterocycles. The summed E-state index contributed by atoms with van der Waals surface area (Å²) >= 11 is 0. The number of hydrogen-bond donors (Lipinski definition) is 0. The molecule has 4 nitrogen and oxygen atoms in total. The number of benzene rings is 2. The zero-order chi connectivity index (χ0) is 21.0. The number of rotatable bonds is 5. The third kappa shape index (κ3) is 5.65. The number of hydrogen-bond acceptors (Lipinski definition) is 4. The van der Waals surface area contributed by atoms with Crippen LogP contribution in [0.5, 0.6) is 5.75 Å². The van der Waals surface area contributed by atoms with Gasteiger partial charge in [-0.1, -0.05) is 23.8 Å². The van der Waals surface area contributed by atoms with Gasteiger partial charge in [-0.3, -0.25) is 9.98 Å². The first-order valence-electron chi connectivity index (χ1n) is 9.67. The normalized spacial score (nSPS) is 11.8. The van der Waals surface area contributed by atoms with Crippen LogP contribution in [0.15, 0.2) is 64.6 Å². The van der Waals surface area contributed by atoms with Gasteiger partial charge >= 0.3 is 0 Å². The average molecular weight is 441 g/mol. The third-order valence-electron chi connectivity index (χ3n) is 4.77. The topological polar surface area (TPSA) is 46.8 Å². The van der Waals surface area contributed by atoms with Crippen molar-refractivity contribution in [3.63, 3.8) is 0 Å². The maximum absolute atomic E-state index is 5.20. The molecule has 30 heavy (non-hydrogen) atoms. The Morgan fingerprint density at radius 2 is 1.33 bits per heavy atom. The van der Waals surface area contributed by atoms with E-state index in [-0.39, 0.29) is 17.1 Å². The van der Waals surface area contributed by atoms with Gasteiger partial charge in [0, 0.05) is 17.1 Å². The Kier molecular flexibility index (Phi) is 8.10. The van der Waals surface area contributed by atoms with Gasteiger partial charge in [0.15, 0.2) is 0 Å². The van der Waals surface area contributed by atoms with Gasteiger partial charge in [-0.15, -0.1) is 0 Å². The monoisotopic (exact) mass is 441 g/mol. The Balaban J connectivity index is 0.00000320. The number of methoxy groups -OCH3 is 1. The molecule has 3 rings (SSSR count). The molecule has 0 saturated carbocycles. The molecule has 3 aromatic rings. The number of aryl methyl sites for hydroxylation is 3. The molecule has 156 valence electrons. The van der Waals surface area contributed by atoms with E-state index in [0.717, 1.165) is 39.9 Å². The van der Waals surface area contributed by atoms with Crippen molar-refractivity contribution in [3.05, 3.63) is 82.7 Å². The second-order valence-corrected chi connectivity index (χ2v) is 7.25. The largest absolute Gasteiger partial charge is 0.497 e. The zero-order valence-electron chi connectivity index (χ0n) is 18.3. The minimum atomic E-state index is 0. The fourth-order valence-electron chi connectivity index (χ4n) is 3.32. The molecule has 0 N–H and O–H groups in total. The molecule has 0 aliphatic heterocycles. The number of pyridine rings is 1. The number of aromatic nitrogens is 1. The van der Waals surface area contributed by atoms with E-state index in [1.165, 1.54) is 16.7 Å². The summed E-state index contributed by atoms with van der Waals surface area (Å²) < 4.78 is 5.20. The second kappa shape index (κ2) is 10.3. The van der Waals surface area contributed by atoms with Gasteiger partial charge in [0.05, 0.1) is 41.3 Å². The summed E-state index contributed by atoms with van der Waals surface area (Å²) in [6.45, 7) is 10.3. The van der Waals surface area contributed by atoms with Gasteiger partial charge in [-0.05, 0) is 82.1 Å². The van der Waals surface area contributed by atoms with Crippen LogP contribution in [0, 0.1) is 20.8 Å². The van der Waals surface area contributed by atoms with Gasteiger partial charge in [-0.25, -0.2) is 4.98 Å². The molecule has 2 aromatic carbocycles. The number of aliphatic imine (C=N–C) groups is 2. The fraction of sp³-hybridized carbons (Fsp3) is 0.240. The van der Waals surface area contributed by atoms with Crippen LogP contribution in [0.2, 0.25) is 0 Å². The molecule has 0 bridgehead atoms. The summed E-state index contributed by atoms with van der Waals surface area (Å²) in [5.41, 5.74) is 8.92. The van der Waals surface area contributed by atoms with Crippen molar-refractivity contribution < 1.29 is 21.8 Å². The first-order chi connectivity index (χ1) is 13.9.